The molecule has 0 aliphatic carbocycles. The first kappa shape index (κ1) is 19.5. The predicted molar refractivity (Wildman–Crippen MR) is 75.9 cm³/mol. The first-order valence-electron chi connectivity index (χ1n) is 6.99. The summed E-state index contributed by atoms with van der Waals surface area (Å²) in [4.78, 5) is 21.3. The molecule has 0 bridgehead atoms. The number of hydrogen-bond donors (Lipinski definition) is 2. The number of nitrogens with zero attached hydrogens (tertiary/aromatic N) is 4. The van der Waals surface area contributed by atoms with Crippen molar-refractivity contribution in [2.75, 3.05) is 0 Å². The first-order chi connectivity index (χ1) is 10.3. The minimum absolute atomic E-state index is 0.0109. The van der Waals surface area contributed by atoms with Gasteiger partial charge in [0.15, 0.2) is 11.1 Å². The Morgan fingerprint density at radius 3 is 1.41 bits per heavy atom. The summed E-state index contributed by atoms with van der Waals surface area (Å²) in [6.45, 7) is 3.36. The van der Waals surface area contributed by atoms with Crippen molar-refractivity contribution in [2.24, 2.45) is 10.2 Å². The third-order valence-electron chi connectivity index (χ3n) is 3.52. The van der Waals surface area contributed by atoms with Gasteiger partial charge < -0.3 is 10.2 Å². The maximum absolute atomic E-state index is 10.7. The highest BCUT2D eigenvalue weighted by molar-refractivity contribution is 5.67. The van der Waals surface area contributed by atoms with E-state index >= 15 is 0 Å². The van der Waals surface area contributed by atoms with E-state index in [0.717, 1.165) is 0 Å². The van der Waals surface area contributed by atoms with Gasteiger partial charge in [-0.2, -0.15) is 20.8 Å². The number of carbonyl (C=O) groups is 2. The Hall–Kier alpha value is -2.48. The molecule has 2 N–H and O–H groups in total. The van der Waals surface area contributed by atoms with Crippen LogP contribution in [0, 0.1) is 22.7 Å². The van der Waals surface area contributed by atoms with Gasteiger partial charge in [0.2, 0.25) is 0 Å². The Kier molecular flexibility index (Phi) is 7.74. The van der Waals surface area contributed by atoms with Gasteiger partial charge in [0, 0.05) is 12.8 Å². The summed E-state index contributed by atoms with van der Waals surface area (Å²) >= 11 is 0. The quantitative estimate of drug-likeness (QED) is 0.592. The molecule has 8 nitrogen and oxygen atoms in total. The summed E-state index contributed by atoms with van der Waals surface area (Å²) in [5.41, 5.74) is -2.61. The number of hydrogen-bond acceptors (Lipinski definition) is 6. The van der Waals surface area contributed by atoms with Gasteiger partial charge in [0.25, 0.3) is 0 Å². The average molecular weight is 308 g/mol. The molecule has 0 fully saturated rings. The van der Waals surface area contributed by atoms with E-state index in [2.05, 4.69) is 10.2 Å². The molecule has 2 atom stereocenters. The molecule has 22 heavy (non-hydrogen) atoms. The fourth-order valence-electron chi connectivity index (χ4n) is 1.73. The van der Waals surface area contributed by atoms with Crippen LogP contribution in [0.4, 0.5) is 0 Å². The number of nitriles is 2. The van der Waals surface area contributed by atoms with Crippen molar-refractivity contribution < 1.29 is 19.8 Å². The number of carboxylic acids is 2. The highest BCUT2D eigenvalue weighted by Crippen LogP contribution is 2.28. The Morgan fingerprint density at radius 2 is 1.23 bits per heavy atom. The van der Waals surface area contributed by atoms with Crippen LogP contribution < -0.4 is 0 Å². The van der Waals surface area contributed by atoms with Gasteiger partial charge in [-0.15, -0.1) is 0 Å². The lowest BCUT2D eigenvalue weighted by molar-refractivity contribution is -0.138. The van der Waals surface area contributed by atoms with Gasteiger partial charge in [0.05, 0.1) is 12.1 Å². The number of aliphatic carboxylic acids is 2. The number of carboxylic acid groups (broad SMARTS) is 2. The Balaban J connectivity index is 5.32. The third-order valence-corrected chi connectivity index (χ3v) is 3.52. The van der Waals surface area contributed by atoms with E-state index in [9.17, 15) is 20.1 Å². The van der Waals surface area contributed by atoms with Crippen LogP contribution in [0.3, 0.4) is 0 Å². The fourth-order valence-corrected chi connectivity index (χ4v) is 1.73. The largest absolute Gasteiger partial charge is 0.481 e. The normalized spacial score (nSPS) is 16.2. The van der Waals surface area contributed by atoms with Crippen molar-refractivity contribution >= 4 is 11.9 Å². The van der Waals surface area contributed by atoms with E-state index in [-0.39, 0.29) is 38.5 Å². The van der Waals surface area contributed by atoms with Crippen molar-refractivity contribution in [1.82, 2.24) is 0 Å². The second-order valence-corrected chi connectivity index (χ2v) is 4.98. The third kappa shape index (κ3) is 5.88. The van der Waals surface area contributed by atoms with Crippen LogP contribution >= 0.6 is 0 Å². The molecule has 0 heterocycles. The van der Waals surface area contributed by atoms with Gasteiger partial charge >= 0.3 is 11.9 Å². The zero-order valence-electron chi connectivity index (χ0n) is 12.7. The zero-order chi connectivity index (χ0) is 17.2. The summed E-state index contributed by atoms with van der Waals surface area (Å²) in [7, 11) is 0. The number of azo groups is 1. The molecule has 2 unspecified atom stereocenters. The van der Waals surface area contributed by atoms with Crippen LogP contribution in [0.1, 0.15) is 52.4 Å². The Morgan fingerprint density at radius 1 is 0.909 bits per heavy atom. The molecule has 0 spiro atoms. The number of rotatable bonds is 10. The van der Waals surface area contributed by atoms with Crippen molar-refractivity contribution in [3.8, 4) is 12.1 Å². The second-order valence-electron chi connectivity index (χ2n) is 4.98. The molecule has 0 aromatic rings. The Labute approximate surface area is 129 Å². The van der Waals surface area contributed by atoms with E-state index in [0.29, 0.717) is 0 Å². The predicted octanol–water partition coefficient (Wildman–Crippen LogP) is 2.51. The molecule has 0 aromatic heterocycles. The van der Waals surface area contributed by atoms with E-state index < -0.39 is 23.0 Å². The second kappa shape index (κ2) is 8.73. The van der Waals surface area contributed by atoms with Gasteiger partial charge in [0.1, 0.15) is 0 Å². The molecule has 0 aromatic carbocycles. The highest BCUT2D eigenvalue weighted by Gasteiger charge is 2.33. The van der Waals surface area contributed by atoms with Crippen molar-refractivity contribution in [1.29, 1.82) is 10.5 Å². The van der Waals surface area contributed by atoms with Crippen LogP contribution in [0.25, 0.3) is 0 Å². The maximum atomic E-state index is 10.7. The smallest absolute Gasteiger partial charge is 0.303 e. The lowest BCUT2D eigenvalue weighted by Gasteiger charge is -2.22. The fraction of sp³-hybridized carbons (Fsp3) is 0.714. The van der Waals surface area contributed by atoms with E-state index in [1.807, 2.05) is 12.1 Å². The van der Waals surface area contributed by atoms with Crippen molar-refractivity contribution in [2.45, 2.75) is 63.5 Å². The van der Waals surface area contributed by atoms with Crippen molar-refractivity contribution in [3.05, 3.63) is 0 Å². The molecule has 0 amide bonds. The molecule has 0 saturated carbocycles. The minimum atomic E-state index is -1.31. The molecule has 8 heteroatoms. The van der Waals surface area contributed by atoms with Crippen LogP contribution in [0.15, 0.2) is 10.2 Å². The Bertz CT molecular complexity index is 474. The SMILES string of the molecule is CCC(C#N)(CCC(=O)O)/N=N/C(C#N)(CC)CCC(=O)O. The van der Waals surface area contributed by atoms with Crippen LogP contribution in [-0.4, -0.2) is 33.2 Å². The van der Waals surface area contributed by atoms with Gasteiger partial charge in [-0.05, 0) is 25.7 Å². The standard InChI is InChI=1S/C14H20N4O4/c1-3-13(9-15,7-5-11(19)20)17-18-14(4-2,10-16)8-6-12(21)22/h3-8H2,1-2H3,(H,19,20)(H,21,22)/b18-17+. The molecule has 0 aliphatic rings. The first-order valence-corrected chi connectivity index (χ1v) is 6.99. The molecule has 0 rings (SSSR count). The lowest BCUT2D eigenvalue weighted by atomic mass is 9.92. The molecule has 0 radical (unpaired) electrons. The average Bonchev–Trinajstić information content (AvgIpc) is 2.51. The summed E-state index contributed by atoms with van der Waals surface area (Å²) in [6, 6.07) is 3.91. The topological polar surface area (TPSA) is 147 Å². The van der Waals surface area contributed by atoms with Gasteiger partial charge in [-0.3, -0.25) is 9.59 Å². The zero-order valence-corrected chi connectivity index (χ0v) is 12.7. The lowest BCUT2D eigenvalue weighted by Crippen LogP contribution is -2.28. The van der Waals surface area contributed by atoms with E-state index in [4.69, 9.17) is 10.2 Å². The minimum Gasteiger partial charge on any atom is -0.481 e. The van der Waals surface area contributed by atoms with Gasteiger partial charge in [-0.25, -0.2) is 0 Å². The van der Waals surface area contributed by atoms with Gasteiger partial charge in [-0.1, -0.05) is 13.8 Å². The molecular formula is C14H20N4O4. The maximum Gasteiger partial charge on any atom is 0.303 e. The summed E-state index contributed by atoms with van der Waals surface area (Å²) in [6.07, 6.45) is 0.0172. The van der Waals surface area contributed by atoms with Crippen LogP contribution in [-0.2, 0) is 9.59 Å². The monoisotopic (exact) mass is 308 g/mol. The van der Waals surface area contributed by atoms with E-state index in [1.165, 1.54) is 0 Å². The summed E-state index contributed by atoms with van der Waals surface area (Å²) < 4.78 is 0. The summed E-state index contributed by atoms with van der Waals surface area (Å²) in [5, 5.41) is 43.9. The van der Waals surface area contributed by atoms with Crippen LogP contribution in [0.5, 0.6) is 0 Å². The summed E-state index contributed by atoms with van der Waals surface area (Å²) in [5.74, 6) is -2.09. The van der Waals surface area contributed by atoms with Crippen LogP contribution in [0.2, 0.25) is 0 Å². The van der Waals surface area contributed by atoms with E-state index in [1.54, 1.807) is 13.8 Å². The molecule has 0 aliphatic heterocycles. The molecular weight excluding hydrogens is 288 g/mol. The highest BCUT2D eigenvalue weighted by atomic mass is 16.4. The van der Waals surface area contributed by atoms with Crippen molar-refractivity contribution in [3.63, 3.8) is 0 Å². The molecule has 0 saturated heterocycles. The molecule has 120 valence electrons.